The van der Waals surface area contributed by atoms with Crippen LogP contribution in [-0.2, 0) is 10.2 Å². The molecule has 1 aromatic carbocycles. The van der Waals surface area contributed by atoms with Gasteiger partial charge in [-0.05, 0) is 25.3 Å². The Morgan fingerprint density at radius 1 is 1.12 bits per heavy atom. The van der Waals surface area contributed by atoms with E-state index < -0.39 is 5.60 Å². The van der Waals surface area contributed by atoms with Crippen molar-refractivity contribution in [2.24, 2.45) is 4.99 Å². The van der Waals surface area contributed by atoms with E-state index in [-0.39, 0.29) is 5.41 Å². The smallest absolute Gasteiger partial charge is 0.191 e. The first-order chi connectivity index (χ1) is 12.2. The van der Waals surface area contributed by atoms with Gasteiger partial charge in [0.25, 0.3) is 0 Å². The Bertz CT molecular complexity index is 564. The third-order valence-electron chi connectivity index (χ3n) is 5.59. The molecule has 1 saturated carbocycles. The standard InChI is InChI=1S/C20H31N3O2/c1-2-21-18(23-16-20(24)11-13-25-14-12-20)22-15-19(9-6-10-19)17-7-4-3-5-8-17/h3-5,7-8,24H,2,6,9-16H2,1H3,(H2,21,22,23). The molecule has 25 heavy (non-hydrogen) atoms. The maximum Gasteiger partial charge on any atom is 0.191 e. The molecule has 1 aliphatic carbocycles. The highest BCUT2D eigenvalue weighted by molar-refractivity contribution is 5.80. The summed E-state index contributed by atoms with van der Waals surface area (Å²) in [7, 11) is 0. The summed E-state index contributed by atoms with van der Waals surface area (Å²) in [6, 6.07) is 10.8. The fraction of sp³-hybridized carbons (Fsp3) is 0.650. The van der Waals surface area contributed by atoms with Gasteiger partial charge >= 0.3 is 0 Å². The lowest BCUT2D eigenvalue weighted by molar-refractivity contribution is -0.0566. The molecule has 2 aliphatic rings. The number of nitrogens with one attached hydrogen (secondary N) is 2. The van der Waals surface area contributed by atoms with E-state index in [0.717, 1.165) is 19.0 Å². The number of aliphatic imine (C=N–C) groups is 1. The van der Waals surface area contributed by atoms with Gasteiger partial charge in [0.2, 0.25) is 0 Å². The molecule has 0 aromatic heterocycles. The Balaban J connectivity index is 1.62. The fourth-order valence-corrected chi connectivity index (χ4v) is 3.69. The summed E-state index contributed by atoms with van der Waals surface area (Å²) in [6.45, 7) is 5.41. The monoisotopic (exact) mass is 345 g/mol. The highest BCUT2D eigenvalue weighted by Crippen LogP contribution is 2.43. The van der Waals surface area contributed by atoms with Crippen molar-refractivity contribution in [1.82, 2.24) is 10.6 Å². The molecule has 1 aliphatic heterocycles. The topological polar surface area (TPSA) is 65.9 Å². The molecule has 1 aromatic rings. The highest BCUT2D eigenvalue weighted by atomic mass is 16.5. The number of guanidine groups is 1. The zero-order valence-corrected chi connectivity index (χ0v) is 15.3. The number of nitrogens with zero attached hydrogens (tertiary/aromatic N) is 1. The number of ether oxygens (including phenoxy) is 1. The number of aliphatic hydroxyl groups is 1. The van der Waals surface area contributed by atoms with Gasteiger partial charge in [-0.15, -0.1) is 0 Å². The molecule has 138 valence electrons. The number of hydrogen-bond donors (Lipinski definition) is 3. The summed E-state index contributed by atoms with van der Waals surface area (Å²) in [6.07, 6.45) is 5.02. The van der Waals surface area contributed by atoms with E-state index in [9.17, 15) is 5.11 Å². The molecule has 0 amide bonds. The van der Waals surface area contributed by atoms with Gasteiger partial charge in [0.15, 0.2) is 5.96 Å². The van der Waals surface area contributed by atoms with Crippen LogP contribution in [0.25, 0.3) is 0 Å². The first kappa shape index (κ1) is 18.2. The quantitative estimate of drug-likeness (QED) is 0.546. The van der Waals surface area contributed by atoms with Crippen molar-refractivity contribution in [2.75, 3.05) is 32.8 Å². The summed E-state index contributed by atoms with van der Waals surface area (Å²) < 4.78 is 5.34. The van der Waals surface area contributed by atoms with E-state index >= 15 is 0 Å². The first-order valence-electron chi connectivity index (χ1n) is 9.54. The van der Waals surface area contributed by atoms with Gasteiger partial charge in [-0.25, -0.2) is 0 Å². The predicted octanol–water partition coefficient (Wildman–Crippen LogP) is 2.20. The largest absolute Gasteiger partial charge is 0.388 e. The van der Waals surface area contributed by atoms with Crippen LogP contribution >= 0.6 is 0 Å². The molecule has 3 N–H and O–H groups in total. The summed E-state index contributed by atoms with van der Waals surface area (Å²) >= 11 is 0. The first-order valence-corrected chi connectivity index (χ1v) is 9.54. The number of benzene rings is 1. The Labute approximate surface area is 150 Å². The summed E-state index contributed by atoms with van der Waals surface area (Å²) in [5.74, 6) is 0.796. The van der Waals surface area contributed by atoms with Crippen molar-refractivity contribution >= 4 is 5.96 Å². The van der Waals surface area contributed by atoms with Crippen LogP contribution in [0.4, 0.5) is 0 Å². The average molecular weight is 345 g/mol. The number of rotatable bonds is 6. The second kappa shape index (κ2) is 8.19. The van der Waals surface area contributed by atoms with Crippen molar-refractivity contribution in [1.29, 1.82) is 0 Å². The van der Waals surface area contributed by atoms with Crippen LogP contribution in [0.5, 0.6) is 0 Å². The van der Waals surface area contributed by atoms with Crippen LogP contribution < -0.4 is 10.6 Å². The Morgan fingerprint density at radius 2 is 1.84 bits per heavy atom. The lowest BCUT2D eigenvalue weighted by atomic mass is 9.64. The van der Waals surface area contributed by atoms with Crippen molar-refractivity contribution < 1.29 is 9.84 Å². The zero-order valence-electron chi connectivity index (χ0n) is 15.3. The van der Waals surface area contributed by atoms with Crippen LogP contribution in [0.15, 0.2) is 35.3 Å². The zero-order chi connectivity index (χ0) is 17.6. The van der Waals surface area contributed by atoms with E-state index in [4.69, 9.17) is 4.74 Å². The van der Waals surface area contributed by atoms with Gasteiger partial charge < -0.3 is 20.5 Å². The summed E-state index contributed by atoms with van der Waals surface area (Å²) in [5, 5.41) is 17.4. The maximum absolute atomic E-state index is 10.6. The second-order valence-corrected chi connectivity index (χ2v) is 7.39. The normalized spacial score (nSPS) is 22.1. The summed E-state index contributed by atoms with van der Waals surface area (Å²) in [5.41, 5.74) is 0.897. The van der Waals surface area contributed by atoms with Crippen molar-refractivity contribution in [3.8, 4) is 0 Å². The Morgan fingerprint density at radius 3 is 2.44 bits per heavy atom. The minimum Gasteiger partial charge on any atom is -0.388 e. The van der Waals surface area contributed by atoms with E-state index in [1.807, 2.05) is 0 Å². The van der Waals surface area contributed by atoms with Gasteiger partial charge in [0.05, 0.1) is 12.1 Å². The molecule has 0 atom stereocenters. The summed E-state index contributed by atoms with van der Waals surface area (Å²) in [4.78, 5) is 4.65. The lowest BCUT2D eigenvalue weighted by Gasteiger charge is -2.43. The van der Waals surface area contributed by atoms with E-state index in [1.165, 1.54) is 24.8 Å². The molecule has 0 radical (unpaired) electrons. The van der Waals surface area contributed by atoms with Crippen molar-refractivity contribution in [3.05, 3.63) is 35.9 Å². The fourth-order valence-electron chi connectivity index (χ4n) is 3.69. The average Bonchev–Trinajstić information content (AvgIpc) is 2.60. The van der Waals surface area contributed by atoms with Crippen molar-refractivity contribution in [3.63, 3.8) is 0 Å². The molecule has 3 rings (SSSR count). The Hall–Kier alpha value is -1.59. The van der Waals surface area contributed by atoms with Gasteiger partial charge in [-0.1, -0.05) is 36.8 Å². The molecule has 1 heterocycles. The predicted molar refractivity (Wildman–Crippen MR) is 101 cm³/mol. The molecule has 0 bridgehead atoms. The van der Waals surface area contributed by atoms with Gasteiger partial charge in [0.1, 0.15) is 0 Å². The third kappa shape index (κ3) is 4.53. The molecule has 0 spiro atoms. The molecule has 2 fully saturated rings. The van der Waals surface area contributed by atoms with Gasteiger partial charge in [-0.2, -0.15) is 0 Å². The third-order valence-corrected chi connectivity index (χ3v) is 5.59. The highest BCUT2D eigenvalue weighted by Gasteiger charge is 2.38. The molecule has 5 heteroatoms. The molecular formula is C20H31N3O2. The van der Waals surface area contributed by atoms with E-state index in [1.54, 1.807) is 0 Å². The van der Waals surface area contributed by atoms with Crippen LogP contribution in [0.2, 0.25) is 0 Å². The molecular weight excluding hydrogens is 314 g/mol. The van der Waals surface area contributed by atoms with E-state index in [2.05, 4.69) is 52.9 Å². The van der Waals surface area contributed by atoms with Gasteiger partial charge in [-0.3, -0.25) is 4.99 Å². The number of hydrogen-bond acceptors (Lipinski definition) is 3. The van der Waals surface area contributed by atoms with Crippen molar-refractivity contribution in [2.45, 2.75) is 50.0 Å². The lowest BCUT2D eigenvalue weighted by Crippen LogP contribution is -2.49. The Kier molecular flexibility index (Phi) is 5.97. The minimum absolute atomic E-state index is 0.215. The minimum atomic E-state index is -0.728. The van der Waals surface area contributed by atoms with E-state index in [0.29, 0.717) is 32.6 Å². The molecule has 5 nitrogen and oxygen atoms in total. The SMILES string of the molecule is CCNC(=NCC1(O)CCOCC1)NCC1(c2ccccc2)CCC1. The van der Waals surface area contributed by atoms with Crippen LogP contribution in [-0.4, -0.2) is 49.5 Å². The van der Waals surface area contributed by atoms with Crippen LogP contribution in [0, 0.1) is 0 Å². The van der Waals surface area contributed by atoms with Crippen LogP contribution in [0.3, 0.4) is 0 Å². The van der Waals surface area contributed by atoms with Gasteiger partial charge in [0, 0.05) is 44.6 Å². The molecule has 1 saturated heterocycles. The maximum atomic E-state index is 10.6. The molecule has 0 unspecified atom stereocenters. The second-order valence-electron chi connectivity index (χ2n) is 7.39. The van der Waals surface area contributed by atoms with Crippen LogP contribution in [0.1, 0.15) is 44.6 Å².